The van der Waals surface area contributed by atoms with E-state index in [0.29, 0.717) is 16.5 Å². The van der Waals surface area contributed by atoms with E-state index in [0.717, 1.165) is 28.7 Å². The summed E-state index contributed by atoms with van der Waals surface area (Å²) in [5, 5.41) is 15.9. The van der Waals surface area contributed by atoms with E-state index in [4.69, 9.17) is 23.2 Å². The van der Waals surface area contributed by atoms with Gasteiger partial charge in [-0.05, 0) is 40.0 Å². The van der Waals surface area contributed by atoms with Crippen LogP contribution < -0.4 is 0 Å². The van der Waals surface area contributed by atoms with E-state index in [2.05, 4.69) is 28.0 Å². The first kappa shape index (κ1) is 15.8. The summed E-state index contributed by atoms with van der Waals surface area (Å²) in [6.45, 7) is 2.82. The van der Waals surface area contributed by atoms with Gasteiger partial charge >= 0.3 is 0 Å². The summed E-state index contributed by atoms with van der Waals surface area (Å²) in [6.07, 6.45) is 2.28. The first-order valence-corrected chi connectivity index (χ1v) is 7.91. The maximum atomic E-state index is 10.5. The molecule has 6 heteroatoms. The quantitative estimate of drug-likeness (QED) is 0.824. The fraction of sp³-hybridized carbons (Fsp3) is 0.357. The van der Waals surface area contributed by atoms with Gasteiger partial charge in [0.25, 0.3) is 0 Å². The molecule has 0 spiro atoms. The maximum absolute atomic E-state index is 10.5. The standard InChI is InChI=1S/C14H15BrCl2N2O/c1-2-6-19-14(10(15)8-18-19)13(20)7-9-11(16)4-3-5-12(9)17/h3-5,8,13,20H,2,6-7H2,1H3. The Bertz CT molecular complexity index is 581. The Labute approximate surface area is 136 Å². The van der Waals surface area contributed by atoms with Gasteiger partial charge in [-0.15, -0.1) is 0 Å². The van der Waals surface area contributed by atoms with Crippen LogP contribution in [0.3, 0.4) is 0 Å². The molecule has 1 unspecified atom stereocenters. The Kier molecular flexibility index (Phi) is 5.49. The van der Waals surface area contributed by atoms with Gasteiger partial charge in [-0.25, -0.2) is 0 Å². The Hall–Kier alpha value is -0.550. The molecule has 20 heavy (non-hydrogen) atoms. The van der Waals surface area contributed by atoms with Gasteiger partial charge in [0, 0.05) is 23.0 Å². The summed E-state index contributed by atoms with van der Waals surface area (Å²) in [5.74, 6) is 0. The normalized spacial score (nSPS) is 12.7. The van der Waals surface area contributed by atoms with Crippen molar-refractivity contribution >= 4 is 39.1 Å². The zero-order valence-corrected chi connectivity index (χ0v) is 14.1. The number of hydrogen-bond donors (Lipinski definition) is 1. The number of halogens is 3. The van der Waals surface area contributed by atoms with Gasteiger partial charge in [0.05, 0.1) is 16.4 Å². The number of aryl methyl sites for hydroxylation is 1. The lowest BCUT2D eigenvalue weighted by atomic mass is 10.1. The lowest BCUT2D eigenvalue weighted by molar-refractivity contribution is 0.166. The van der Waals surface area contributed by atoms with E-state index in [-0.39, 0.29) is 0 Å². The van der Waals surface area contributed by atoms with Gasteiger partial charge in [-0.1, -0.05) is 36.2 Å². The van der Waals surface area contributed by atoms with E-state index < -0.39 is 6.10 Å². The monoisotopic (exact) mass is 376 g/mol. The maximum Gasteiger partial charge on any atom is 0.101 e. The number of aliphatic hydroxyl groups is 1. The minimum absolute atomic E-state index is 0.354. The molecule has 0 aliphatic carbocycles. The smallest absolute Gasteiger partial charge is 0.101 e. The van der Waals surface area contributed by atoms with Crippen molar-refractivity contribution in [2.75, 3.05) is 0 Å². The molecule has 3 nitrogen and oxygen atoms in total. The third kappa shape index (κ3) is 3.37. The molecule has 0 radical (unpaired) electrons. The van der Waals surface area contributed by atoms with Crippen LogP contribution in [0.25, 0.3) is 0 Å². The van der Waals surface area contributed by atoms with Crippen LogP contribution in [-0.4, -0.2) is 14.9 Å². The minimum Gasteiger partial charge on any atom is -0.386 e. The zero-order valence-electron chi connectivity index (χ0n) is 11.0. The SMILES string of the molecule is CCCn1ncc(Br)c1C(O)Cc1c(Cl)cccc1Cl. The molecule has 2 rings (SSSR count). The molecule has 0 saturated carbocycles. The van der Waals surface area contributed by atoms with E-state index in [1.54, 1.807) is 29.1 Å². The first-order valence-electron chi connectivity index (χ1n) is 6.36. The van der Waals surface area contributed by atoms with Gasteiger partial charge < -0.3 is 5.11 Å². The lowest BCUT2D eigenvalue weighted by Gasteiger charge is -2.15. The van der Waals surface area contributed by atoms with Crippen LogP contribution in [0.4, 0.5) is 0 Å². The molecule has 1 heterocycles. The Morgan fingerprint density at radius 2 is 2.00 bits per heavy atom. The highest BCUT2D eigenvalue weighted by atomic mass is 79.9. The molecule has 1 N–H and O–H groups in total. The summed E-state index contributed by atoms with van der Waals surface area (Å²) in [5.41, 5.74) is 1.50. The number of rotatable bonds is 5. The van der Waals surface area contributed by atoms with Gasteiger partial charge in [0.1, 0.15) is 6.10 Å². The van der Waals surface area contributed by atoms with Crippen molar-refractivity contribution in [3.05, 3.63) is 50.2 Å². The molecule has 0 fully saturated rings. The molecule has 0 saturated heterocycles. The van der Waals surface area contributed by atoms with Crippen LogP contribution >= 0.6 is 39.1 Å². The topological polar surface area (TPSA) is 38.0 Å². The fourth-order valence-corrected chi connectivity index (χ4v) is 3.22. The van der Waals surface area contributed by atoms with Crippen LogP contribution in [0.15, 0.2) is 28.9 Å². The highest BCUT2D eigenvalue weighted by Crippen LogP contribution is 2.31. The molecule has 0 aliphatic rings. The van der Waals surface area contributed by atoms with Gasteiger partial charge in [0.15, 0.2) is 0 Å². The van der Waals surface area contributed by atoms with Crippen LogP contribution in [-0.2, 0) is 13.0 Å². The van der Waals surface area contributed by atoms with Gasteiger partial charge in [-0.3, -0.25) is 4.68 Å². The van der Waals surface area contributed by atoms with Crippen LogP contribution in [0, 0.1) is 0 Å². The van der Waals surface area contributed by atoms with Crippen LogP contribution in [0.1, 0.15) is 30.7 Å². The largest absolute Gasteiger partial charge is 0.386 e. The number of aliphatic hydroxyl groups excluding tert-OH is 1. The molecule has 0 amide bonds. The minimum atomic E-state index is -0.712. The lowest BCUT2D eigenvalue weighted by Crippen LogP contribution is -2.12. The zero-order chi connectivity index (χ0) is 14.7. The second-order valence-corrected chi connectivity index (χ2v) is 6.19. The Morgan fingerprint density at radius 1 is 1.35 bits per heavy atom. The molecule has 0 aliphatic heterocycles. The molecule has 1 aromatic carbocycles. The van der Waals surface area contributed by atoms with Crippen molar-refractivity contribution in [3.8, 4) is 0 Å². The second-order valence-electron chi connectivity index (χ2n) is 4.52. The predicted molar refractivity (Wildman–Crippen MR) is 85.3 cm³/mol. The van der Waals surface area contributed by atoms with E-state index in [9.17, 15) is 5.11 Å². The van der Waals surface area contributed by atoms with E-state index in [1.165, 1.54) is 0 Å². The van der Waals surface area contributed by atoms with Crippen molar-refractivity contribution in [2.45, 2.75) is 32.4 Å². The highest BCUT2D eigenvalue weighted by Gasteiger charge is 2.20. The summed E-state index contributed by atoms with van der Waals surface area (Å²) >= 11 is 15.7. The van der Waals surface area contributed by atoms with Crippen molar-refractivity contribution in [1.29, 1.82) is 0 Å². The first-order chi connectivity index (χ1) is 9.54. The number of nitrogens with zero attached hydrogens (tertiary/aromatic N) is 2. The molecular weight excluding hydrogens is 363 g/mol. The van der Waals surface area contributed by atoms with Crippen molar-refractivity contribution < 1.29 is 5.11 Å². The third-order valence-corrected chi connectivity index (χ3v) is 4.36. The number of benzene rings is 1. The van der Waals surface area contributed by atoms with Crippen LogP contribution in [0.2, 0.25) is 10.0 Å². The van der Waals surface area contributed by atoms with Gasteiger partial charge in [-0.2, -0.15) is 5.10 Å². The van der Waals surface area contributed by atoms with Crippen LogP contribution in [0.5, 0.6) is 0 Å². The third-order valence-electron chi connectivity index (χ3n) is 3.04. The molecule has 108 valence electrons. The Balaban J connectivity index is 2.28. The Morgan fingerprint density at radius 3 is 2.60 bits per heavy atom. The molecule has 1 atom stereocenters. The molecule has 0 bridgehead atoms. The highest BCUT2D eigenvalue weighted by molar-refractivity contribution is 9.10. The fourth-order valence-electron chi connectivity index (χ4n) is 2.11. The van der Waals surface area contributed by atoms with Crippen molar-refractivity contribution in [3.63, 3.8) is 0 Å². The summed E-state index contributed by atoms with van der Waals surface area (Å²) in [6, 6.07) is 5.33. The molecule has 2 aromatic rings. The number of hydrogen-bond acceptors (Lipinski definition) is 2. The van der Waals surface area contributed by atoms with Gasteiger partial charge in [0.2, 0.25) is 0 Å². The van der Waals surface area contributed by atoms with Crippen molar-refractivity contribution in [1.82, 2.24) is 9.78 Å². The summed E-state index contributed by atoms with van der Waals surface area (Å²) in [7, 11) is 0. The summed E-state index contributed by atoms with van der Waals surface area (Å²) in [4.78, 5) is 0. The molecular formula is C14H15BrCl2N2O. The van der Waals surface area contributed by atoms with E-state index in [1.807, 2.05) is 0 Å². The molecule has 1 aromatic heterocycles. The van der Waals surface area contributed by atoms with Crippen molar-refractivity contribution in [2.24, 2.45) is 0 Å². The average Bonchev–Trinajstić information content (AvgIpc) is 2.76. The predicted octanol–water partition coefficient (Wildman–Crippen LogP) is 4.64. The average molecular weight is 378 g/mol. The number of aromatic nitrogens is 2. The second kappa shape index (κ2) is 6.94. The van der Waals surface area contributed by atoms with E-state index >= 15 is 0 Å². The summed E-state index contributed by atoms with van der Waals surface area (Å²) < 4.78 is 2.60.